The Morgan fingerprint density at radius 2 is 2.00 bits per heavy atom. The lowest BCUT2D eigenvalue weighted by Gasteiger charge is -2.25. The molecule has 2 heterocycles. The first-order valence-corrected chi connectivity index (χ1v) is 11.3. The average Bonchev–Trinajstić information content (AvgIpc) is 3.23. The van der Waals surface area contributed by atoms with Crippen LogP contribution in [0.1, 0.15) is 62.1 Å². The first-order valence-electron chi connectivity index (χ1n) is 10.4. The van der Waals surface area contributed by atoms with Crippen molar-refractivity contribution >= 4 is 28.8 Å². The van der Waals surface area contributed by atoms with Gasteiger partial charge in [0.2, 0.25) is 0 Å². The van der Waals surface area contributed by atoms with Crippen LogP contribution in [0.2, 0.25) is 0 Å². The van der Waals surface area contributed by atoms with Crippen molar-refractivity contribution in [1.29, 1.82) is 0 Å². The summed E-state index contributed by atoms with van der Waals surface area (Å²) in [7, 11) is 0. The Morgan fingerprint density at radius 1 is 1.23 bits per heavy atom. The van der Waals surface area contributed by atoms with Crippen molar-refractivity contribution in [2.45, 2.75) is 59.1 Å². The number of hydrogen-bond acceptors (Lipinski definition) is 5. The van der Waals surface area contributed by atoms with Gasteiger partial charge in [0.1, 0.15) is 11.5 Å². The fourth-order valence-corrected chi connectivity index (χ4v) is 4.77. The SMILES string of the molecule is CCCCCN1C(=O)C(=O)/C(=C(\O)c2cccc(OC(C)C)c2)C1c1sccc1C. The molecule has 1 unspecified atom stereocenters. The largest absolute Gasteiger partial charge is 0.507 e. The molecule has 0 bridgehead atoms. The first kappa shape index (κ1) is 22.1. The van der Waals surface area contributed by atoms with Gasteiger partial charge in [-0.1, -0.05) is 31.9 Å². The highest BCUT2D eigenvalue weighted by Crippen LogP contribution is 2.42. The molecule has 0 spiro atoms. The van der Waals surface area contributed by atoms with Gasteiger partial charge < -0.3 is 14.7 Å². The number of amides is 1. The molecule has 160 valence electrons. The van der Waals surface area contributed by atoms with Gasteiger partial charge >= 0.3 is 0 Å². The Hall–Kier alpha value is -2.60. The van der Waals surface area contributed by atoms with Crippen LogP contribution < -0.4 is 4.74 Å². The second-order valence-electron chi connectivity index (χ2n) is 7.86. The third-order valence-electron chi connectivity index (χ3n) is 5.17. The smallest absolute Gasteiger partial charge is 0.295 e. The second-order valence-corrected chi connectivity index (χ2v) is 8.81. The molecular formula is C24H29NO4S. The van der Waals surface area contributed by atoms with Gasteiger partial charge in [-0.05, 0) is 56.3 Å². The zero-order valence-electron chi connectivity index (χ0n) is 18.0. The Labute approximate surface area is 182 Å². The van der Waals surface area contributed by atoms with Crippen LogP contribution >= 0.6 is 11.3 Å². The summed E-state index contributed by atoms with van der Waals surface area (Å²) in [5.74, 6) is -0.717. The lowest BCUT2D eigenvalue weighted by molar-refractivity contribution is -0.139. The van der Waals surface area contributed by atoms with E-state index in [1.165, 1.54) is 11.3 Å². The first-order chi connectivity index (χ1) is 14.3. The molecule has 2 aromatic rings. The van der Waals surface area contributed by atoms with E-state index in [0.29, 0.717) is 17.9 Å². The quantitative estimate of drug-likeness (QED) is 0.263. The number of unbranched alkanes of at least 4 members (excludes halogenated alkanes) is 2. The molecular weight excluding hydrogens is 398 g/mol. The van der Waals surface area contributed by atoms with Crippen LogP contribution in [0.3, 0.4) is 0 Å². The molecule has 0 aliphatic carbocycles. The highest BCUT2D eigenvalue weighted by atomic mass is 32.1. The zero-order valence-corrected chi connectivity index (χ0v) is 18.8. The van der Waals surface area contributed by atoms with Gasteiger partial charge in [-0.15, -0.1) is 11.3 Å². The molecule has 5 nitrogen and oxygen atoms in total. The minimum atomic E-state index is -0.628. The molecule has 1 amide bonds. The predicted molar refractivity (Wildman–Crippen MR) is 120 cm³/mol. The van der Waals surface area contributed by atoms with Gasteiger partial charge in [0.15, 0.2) is 0 Å². The molecule has 1 aliphatic rings. The van der Waals surface area contributed by atoms with Gasteiger partial charge in [-0.3, -0.25) is 9.59 Å². The Bertz CT molecular complexity index is 960. The summed E-state index contributed by atoms with van der Waals surface area (Å²) < 4.78 is 5.73. The topological polar surface area (TPSA) is 66.8 Å². The molecule has 1 aromatic carbocycles. The fraction of sp³-hybridized carbons (Fsp3) is 0.417. The van der Waals surface area contributed by atoms with E-state index in [9.17, 15) is 14.7 Å². The van der Waals surface area contributed by atoms with Crippen molar-refractivity contribution in [1.82, 2.24) is 4.90 Å². The number of likely N-dealkylation sites (tertiary alicyclic amines) is 1. The number of benzene rings is 1. The van der Waals surface area contributed by atoms with Crippen LogP contribution in [-0.2, 0) is 9.59 Å². The number of Topliss-reactive ketones (excluding diaryl/α,β-unsaturated/α-hetero) is 1. The summed E-state index contributed by atoms with van der Waals surface area (Å²) >= 11 is 1.51. The molecule has 1 fully saturated rings. The van der Waals surface area contributed by atoms with Crippen LogP contribution in [0, 0.1) is 6.92 Å². The van der Waals surface area contributed by atoms with E-state index in [4.69, 9.17) is 4.74 Å². The summed E-state index contributed by atoms with van der Waals surface area (Å²) in [6.45, 7) is 8.41. The third-order valence-corrected chi connectivity index (χ3v) is 6.24. The number of carbonyl (C=O) groups excluding carboxylic acids is 2. The van der Waals surface area contributed by atoms with E-state index in [1.807, 2.05) is 32.2 Å². The number of aliphatic hydroxyl groups excluding tert-OH is 1. The predicted octanol–water partition coefficient (Wildman–Crippen LogP) is 5.46. The summed E-state index contributed by atoms with van der Waals surface area (Å²) in [6.07, 6.45) is 2.81. The highest BCUT2D eigenvalue weighted by molar-refractivity contribution is 7.10. The van der Waals surface area contributed by atoms with Crippen LogP contribution in [0.25, 0.3) is 5.76 Å². The molecule has 1 aliphatic heterocycles. The van der Waals surface area contributed by atoms with E-state index in [-0.39, 0.29) is 17.4 Å². The van der Waals surface area contributed by atoms with Gasteiger partial charge in [0.25, 0.3) is 11.7 Å². The molecule has 0 saturated carbocycles. The third kappa shape index (κ3) is 4.43. The number of thiophene rings is 1. The lowest BCUT2D eigenvalue weighted by atomic mass is 9.98. The fourth-order valence-electron chi connectivity index (χ4n) is 3.72. The van der Waals surface area contributed by atoms with Crippen LogP contribution in [0.4, 0.5) is 0 Å². The van der Waals surface area contributed by atoms with Gasteiger partial charge in [-0.2, -0.15) is 0 Å². The summed E-state index contributed by atoms with van der Waals surface area (Å²) in [5, 5.41) is 13.1. The number of ketones is 1. The summed E-state index contributed by atoms with van der Waals surface area (Å²) in [6, 6.07) is 8.43. The Balaban J connectivity index is 2.09. The molecule has 1 atom stereocenters. The molecule has 30 heavy (non-hydrogen) atoms. The van der Waals surface area contributed by atoms with Crippen molar-refractivity contribution in [3.05, 3.63) is 57.3 Å². The van der Waals surface area contributed by atoms with Crippen molar-refractivity contribution in [2.75, 3.05) is 6.54 Å². The van der Waals surface area contributed by atoms with E-state index in [0.717, 1.165) is 29.7 Å². The molecule has 0 radical (unpaired) electrons. The lowest BCUT2D eigenvalue weighted by Crippen LogP contribution is -2.30. The van der Waals surface area contributed by atoms with Gasteiger partial charge in [-0.25, -0.2) is 0 Å². The van der Waals surface area contributed by atoms with Crippen molar-refractivity contribution in [2.24, 2.45) is 0 Å². The highest BCUT2D eigenvalue weighted by Gasteiger charge is 2.46. The van der Waals surface area contributed by atoms with Gasteiger partial charge in [0.05, 0.1) is 17.7 Å². The van der Waals surface area contributed by atoms with E-state index >= 15 is 0 Å². The minimum absolute atomic E-state index is 0.0136. The monoisotopic (exact) mass is 427 g/mol. The van der Waals surface area contributed by atoms with E-state index in [2.05, 4.69) is 6.92 Å². The van der Waals surface area contributed by atoms with Crippen molar-refractivity contribution < 1.29 is 19.4 Å². The average molecular weight is 428 g/mol. The van der Waals surface area contributed by atoms with Crippen LogP contribution in [-0.4, -0.2) is 34.3 Å². The number of aliphatic hydroxyl groups is 1. The maximum Gasteiger partial charge on any atom is 0.295 e. The molecule has 6 heteroatoms. The van der Waals surface area contributed by atoms with Crippen LogP contribution in [0.15, 0.2) is 41.3 Å². The van der Waals surface area contributed by atoms with E-state index < -0.39 is 17.7 Å². The number of rotatable bonds is 8. The van der Waals surface area contributed by atoms with Gasteiger partial charge in [0, 0.05) is 17.0 Å². The summed E-state index contributed by atoms with van der Waals surface area (Å²) in [4.78, 5) is 28.4. The number of ether oxygens (including phenoxy) is 1. The molecule has 1 aromatic heterocycles. The zero-order chi connectivity index (χ0) is 21.8. The maximum atomic E-state index is 13.0. The number of nitrogens with zero attached hydrogens (tertiary/aromatic N) is 1. The standard InChI is InChI=1S/C24H29NO4S/c1-5-6-7-12-25-20(23-16(4)11-13-30-23)19(22(27)24(25)28)21(26)17-9-8-10-18(14-17)29-15(2)3/h8-11,13-15,20,26H,5-7,12H2,1-4H3/b21-19-. The maximum absolute atomic E-state index is 13.0. The van der Waals surface area contributed by atoms with Crippen molar-refractivity contribution in [3.63, 3.8) is 0 Å². The van der Waals surface area contributed by atoms with E-state index in [1.54, 1.807) is 29.2 Å². The van der Waals surface area contributed by atoms with Crippen molar-refractivity contribution in [3.8, 4) is 5.75 Å². The Kier molecular flexibility index (Phi) is 6.98. The second kappa shape index (κ2) is 9.47. The number of hydrogen-bond donors (Lipinski definition) is 1. The normalized spacial score (nSPS) is 18.4. The number of carbonyl (C=O) groups is 2. The minimum Gasteiger partial charge on any atom is -0.507 e. The summed E-state index contributed by atoms with van der Waals surface area (Å²) in [5.41, 5.74) is 1.64. The molecule has 1 N–H and O–H groups in total. The Morgan fingerprint density at radius 3 is 2.63 bits per heavy atom. The van der Waals surface area contributed by atoms with Crippen LogP contribution in [0.5, 0.6) is 5.75 Å². The molecule has 3 rings (SSSR count). The number of aryl methyl sites for hydroxylation is 1. The molecule has 1 saturated heterocycles.